The van der Waals surface area contributed by atoms with Gasteiger partial charge in [-0.15, -0.1) is 0 Å². The van der Waals surface area contributed by atoms with Gasteiger partial charge >= 0.3 is 0 Å². The summed E-state index contributed by atoms with van der Waals surface area (Å²) in [7, 11) is 0. The largest absolute Gasteiger partial charge is 0.301 e. The minimum absolute atomic E-state index is 0.137. The van der Waals surface area contributed by atoms with Gasteiger partial charge in [-0.1, -0.05) is 11.8 Å². The molecular formula is C13H18N4OS. The van der Waals surface area contributed by atoms with Gasteiger partial charge in [-0.25, -0.2) is 4.98 Å². The Morgan fingerprint density at radius 2 is 2.47 bits per heavy atom. The van der Waals surface area contributed by atoms with Crippen molar-refractivity contribution in [3.8, 4) is 6.07 Å². The number of nitrogens with one attached hydrogen (secondary N) is 2. The lowest BCUT2D eigenvalue weighted by Crippen LogP contribution is -2.45. The van der Waals surface area contributed by atoms with Crippen LogP contribution in [0.2, 0.25) is 0 Å². The Morgan fingerprint density at radius 3 is 3.11 bits per heavy atom. The lowest BCUT2D eigenvalue weighted by molar-refractivity contribution is 0.386. The van der Waals surface area contributed by atoms with Crippen molar-refractivity contribution in [2.75, 3.05) is 0 Å². The molecule has 2 rings (SSSR count). The van der Waals surface area contributed by atoms with Crippen LogP contribution in [-0.4, -0.2) is 26.8 Å². The van der Waals surface area contributed by atoms with E-state index in [-0.39, 0.29) is 11.6 Å². The third-order valence-electron chi connectivity index (χ3n) is 3.17. The number of H-pyrrole nitrogens is 1. The zero-order valence-electron chi connectivity index (χ0n) is 11.1. The molecule has 2 N–H and O–H groups in total. The molecule has 2 atom stereocenters. The summed E-state index contributed by atoms with van der Waals surface area (Å²) < 4.78 is 0. The molecule has 1 fully saturated rings. The molecule has 0 spiro atoms. The van der Waals surface area contributed by atoms with Crippen molar-refractivity contribution in [3.63, 3.8) is 0 Å². The van der Waals surface area contributed by atoms with E-state index in [2.05, 4.69) is 35.2 Å². The summed E-state index contributed by atoms with van der Waals surface area (Å²) in [6.45, 7) is 4.10. The second kappa shape index (κ2) is 5.76. The van der Waals surface area contributed by atoms with Crippen molar-refractivity contribution in [3.05, 3.63) is 22.6 Å². The fraction of sp³-hybridized carbons (Fsp3) is 0.615. The summed E-state index contributed by atoms with van der Waals surface area (Å²) in [6.07, 6.45) is 4.10. The smallest absolute Gasteiger partial charge is 0.251 e. The van der Waals surface area contributed by atoms with Gasteiger partial charge in [0.25, 0.3) is 5.56 Å². The fourth-order valence-electron chi connectivity index (χ4n) is 2.49. The second-order valence-electron chi connectivity index (χ2n) is 5.21. The fourth-order valence-corrected chi connectivity index (χ4v) is 3.69. The van der Waals surface area contributed by atoms with E-state index in [1.165, 1.54) is 12.3 Å². The predicted octanol–water partition coefficient (Wildman–Crippen LogP) is 1.67. The molecule has 0 aliphatic heterocycles. The second-order valence-corrected chi connectivity index (χ2v) is 6.50. The third kappa shape index (κ3) is 3.58. The standard InChI is InChI=1S/C13H18N4OS/c1-9(2)17-13(8-14)5-3-10(7-13)19-12-15-6-4-11(18)16-12/h4,6,9-10,17H,3,5,7H2,1-2H3,(H,15,16,18). The first kappa shape index (κ1) is 14.1. The summed E-state index contributed by atoms with van der Waals surface area (Å²) in [5.74, 6) is 0. The van der Waals surface area contributed by atoms with Crippen LogP contribution in [-0.2, 0) is 0 Å². The van der Waals surface area contributed by atoms with Crippen LogP contribution in [0.3, 0.4) is 0 Å². The van der Waals surface area contributed by atoms with Crippen LogP contribution >= 0.6 is 11.8 Å². The van der Waals surface area contributed by atoms with Gasteiger partial charge in [0, 0.05) is 23.6 Å². The molecule has 1 aromatic rings. The third-order valence-corrected chi connectivity index (χ3v) is 4.34. The number of nitriles is 1. The van der Waals surface area contributed by atoms with E-state index < -0.39 is 5.54 Å². The Balaban J connectivity index is 2.02. The van der Waals surface area contributed by atoms with Crippen LogP contribution < -0.4 is 10.9 Å². The molecule has 102 valence electrons. The monoisotopic (exact) mass is 278 g/mol. The first-order valence-corrected chi connectivity index (χ1v) is 7.32. The maximum Gasteiger partial charge on any atom is 0.251 e. The van der Waals surface area contributed by atoms with E-state index in [0.717, 1.165) is 19.3 Å². The van der Waals surface area contributed by atoms with Crippen LogP contribution in [0.5, 0.6) is 0 Å². The number of aromatic amines is 1. The first-order valence-electron chi connectivity index (χ1n) is 6.44. The van der Waals surface area contributed by atoms with Crippen LogP contribution in [0.4, 0.5) is 0 Å². The highest BCUT2D eigenvalue weighted by Gasteiger charge is 2.40. The first-order chi connectivity index (χ1) is 9.03. The number of rotatable bonds is 4. The molecule has 2 unspecified atom stereocenters. The van der Waals surface area contributed by atoms with Crippen molar-refractivity contribution in [1.29, 1.82) is 5.26 Å². The Morgan fingerprint density at radius 1 is 1.68 bits per heavy atom. The van der Waals surface area contributed by atoms with Gasteiger partial charge in [0.15, 0.2) is 5.16 Å². The summed E-state index contributed by atoms with van der Waals surface area (Å²) in [5, 5.41) is 13.7. The van der Waals surface area contributed by atoms with Crippen LogP contribution in [0.15, 0.2) is 22.2 Å². The molecular weight excluding hydrogens is 260 g/mol. The highest BCUT2D eigenvalue weighted by Crippen LogP contribution is 2.38. The van der Waals surface area contributed by atoms with Gasteiger partial charge in [-0.2, -0.15) is 5.26 Å². The number of nitrogens with zero attached hydrogens (tertiary/aromatic N) is 2. The molecule has 0 aromatic carbocycles. The minimum atomic E-state index is -0.430. The Kier molecular flexibility index (Phi) is 4.27. The Hall–Kier alpha value is -1.32. The molecule has 1 aromatic heterocycles. The minimum Gasteiger partial charge on any atom is -0.301 e. The molecule has 0 bridgehead atoms. The quantitative estimate of drug-likeness (QED) is 0.819. The zero-order chi connectivity index (χ0) is 13.9. The molecule has 6 heteroatoms. The van der Waals surface area contributed by atoms with E-state index >= 15 is 0 Å². The van der Waals surface area contributed by atoms with Crippen molar-refractivity contribution in [2.45, 2.75) is 55.1 Å². The van der Waals surface area contributed by atoms with Gasteiger partial charge in [0.1, 0.15) is 5.54 Å². The Labute approximate surface area is 116 Å². The summed E-state index contributed by atoms with van der Waals surface area (Å²) in [6, 6.07) is 4.11. The van der Waals surface area contributed by atoms with Crippen molar-refractivity contribution in [2.24, 2.45) is 0 Å². The molecule has 0 saturated heterocycles. The molecule has 5 nitrogen and oxygen atoms in total. The van der Waals surface area contributed by atoms with Crippen LogP contribution in [0.25, 0.3) is 0 Å². The number of hydrogen-bond donors (Lipinski definition) is 2. The van der Waals surface area contributed by atoms with Crippen molar-refractivity contribution in [1.82, 2.24) is 15.3 Å². The average molecular weight is 278 g/mol. The van der Waals surface area contributed by atoms with E-state index in [9.17, 15) is 10.1 Å². The normalized spacial score (nSPS) is 26.5. The SMILES string of the molecule is CC(C)NC1(C#N)CCC(Sc2nccc(=O)[nH]2)C1. The molecule has 0 radical (unpaired) electrons. The summed E-state index contributed by atoms with van der Waals surface area (Å²) >= 11 is 1.55. The molecule has 1 aliphatic carbocycles. The lowest BCUT2D eigenvalue weighted by atomic mass is 9.99. The van der Waals surface area contributed by atoms with Gasteiger partial charge in [0.2, 0.25) is 0 Å². The van der Waals surface area contributed by atoms with Gasteiger partial charge in [0.05, 0.1) is 6.07 Å². The highest BCUT2D eigenvalue weighted by molar-refractivity contribution is 7.99. The van der Waals surface area contributed by atoms with Crippen LogP contribution in [0.1, 0.15) is 33.1 Å². The summed E-state index contributed by atoms with van der Waals surface area (Å²) in [4.78, 5) is 18.1. The Bertz CT molecular complexity index is 536. The number of thioether (sulfide) groups is 1. The topological polar surface area (TPSA) is 81.6 Å². The van der Waals surface area contributed by atoms with Crippen molar-refractivity contribution >= 4 is 11.8 Å². The number of hydrogen-bond acceptors (Lipinski definition) is 5. The predicted molar refractivity (Wildman–Crippen MR) is 75.0 cm³/mol. The maximum atomic E-state index is 11.2. The highest BCUT2D eigenvalue weighted by atomic mass is 32.2. The average Bonchev–Trinajstić information content (AvgIpc) is 2.72. The lowest BCUT2D eigenvalue weighted by Gasteiger charge is -2.25. The number of aromatic nitrogens is 2. The zero-order valence-corrected chi connectivity index (χ0v) is 12.0. The molecule has 0 amide bonds. The maximum absolute atomic E-state index is 11.2. The summed E-state index contributed by atoms with van der Waals surface area (Å²) in [5.41, 5.74) is -0.566. The van der Waals surface area contributed by atoms with E-state index in [0.29, 0.717) is 10.4 Å². The van der Waals surface area contributed by atoms with Crippen LogP contribution in [0, 0.1) is 11.3 Å². The van der Waals surface area contributed by atoms with E-state index in [4.69, 9.17) is 0 Å². The van der Waals surface area contributed by atoms with Gasteiger partial charge < -0.3 is 4.98 Å². The van der Waals surface area contributed by atoms with E-state index in [1.54, 1.807) is 11.8 Å². The van der Waals surface area contributed by atoms with E-state index in [1.807, 2.05) is 0 Å². The van der Waals surface area contributed by atoms with Crippen molar-refractivity contribution < 1.29 is 0 Å². The van der Waals surface area contributed by atoms with Gasteiger partial charge in [-0.3, -0.25) is 10.1 Å². The molecule has 1 aliphatic rings. The molecule has 1 saturated carbocycles. The van der Waals surface area contributed by atoms with Gasteiger partial charge in [-0.05, 0) is 33.1 Å². The molecule has 1 heterocycles. The molecule has 19 heavy (non-hydrogen) atoms.